The van der Waals surface area contributed by atoms with E-state index in [9.17, 15) is 5.11 Å². The van der Waals surface area contributed by atoms with Crippen molar-refractivity contribution in [2.45, 2.75) is 52.1 Å². The van der Waals surface area contributed by atoms with Gasteiger partial charge in [-0.2, -0.15) is 0 Å². The van der Waals surface area contributed by atoms with Gasteiger partial charge >= 0.3 is 0 Å². The van der Waals surface area contributed by atoms with Crippen LogP contribution in [0.4, 0.5) is 0 Å². The molecule has 0 fully saturated rings. The van der Waals surface area contributed by atoms with E-state index in [0.29, 0.717) is 16.6 Å². The quantitative estimate of drug-likeness (QED) is 0.589. The van der Waals surface area contributed by atoms with Gasteiger partial charge in [0.2, 0.25) is 0 Å². The number of aromatic hydroxyl groups is 1. The molecule has 0 saturated carbocycles. The maximum atomic E-state index is 10.0. The van der Waals surface area contributed by atoms with Gasteiger partial charge in [0.25, 0.3) is 0 Å². The maximum Gasteiger partial charge on any atom is 0.156 e. The van der Waals surface area contributed by atoms with E-state index in [0.717, 1.165) is 24.0 Å². The number of phenols is 1. The minimum Gasteiger partial charge on any atom is -0.505 e. The van der Waals surface area contributed by atoms with Crippen LogP contribution in [0.15, 0.2) is 28.9 Å². The number of rotatable bonds is 9. The zero-order valence-electron chi connectivity index (χ0n) is 13.1. The van der Waals surface area contributed by atoms with Crippen molar-refractivity contribution in [1.29, 1.82) is 0 Å². The fraction of sp³-hybridized carbons (Fsp3) is 0.500. The number of pyridine rings is 1. The number of halogens is 1. The molecule has 1 N–H and O–H groups in total. The van der Waals surface area contributed by atoms with E-state index in [1.165, 1.54) is 32.1 Å². The molecule has 120 valence electrons. The van der Waals surface area contributed by atoms with Gasteiger partial charge in [0, 0.05) is 18.2 Å². The first-order chi connectivity index (χ1) is 10.7. The Balaban J connectivity index is 1.86. The molecule has 0 aliphatic rings. The summed E-state index contributed by atoms with van der Waals surface area (Å²) in [6.45, 7) is 3.57. The summed E-state index contributed by atoms with van der Waals surface area (Å²) in [5.41, 5.74) is 1.67. The molecular formula is C18H24BrNO2. The fourth-order valence-electron chi connectivity index (χ4n) is 2.55. The summed E-state index contributed by atoms with van der Waals surface area (Å²) in [4.78, 5) is 4.25. The van der Waals surface area contributed by atoms with E-state index in [2.05, 4.69) is 27.8 Å². The number of hydrogen-bond acceptors (Lipinski definition) is 3. The number of aromatic nitrogens is 1. The van der Waals surface area contributed by atoms with Crippen LogP contribution < -0.4 is 0 Å². The van der Waals surface area contributed by atoms with Crippen molar-refractivity contribution in [1.82, 2.24) is 4.98 Å². The Bertz CT molecular complexity index is 601. The third-order valence-corrected chi connectivity index (χ3v) is 4.41. The van der Waals surface area contributed by atoms with Crippen LogP contribution >= 0.6 is 15.9 Å². The van der Waals surface area contributed by atoms with E-state index in [1.807, 2.05) is 18.2 Å². The summed E-state index contributed by atoms with van der Waals surface area (Å²) >= 11 is 3.38. The Morgan fingerprint density at radius 3 is 2.77 bits per heavy atom. The van der Waals surface area contributed by atoms with E-state index in [-0.39, 0.29) is 5.75 Å². The number of phenolic OH excluding ortho intramolecular Hbond substituents is 1. The monoisotopic (exact) mass is 365 g/mol. The highest BCUT2D eigenvalue weighted by Gasteiger charge is 2.10. The second-order valence-electron chi connectivity index (χ2n) is 5.59. The smallest absolute Gasteiger partial charge is 0.156 e. The van der Waals surface area contributed by atoms with Gasteiger partial charge in [0.15, 0.2) is 5.75 Å². The molecule has 22 heavy (non-hydrogen) atoms. The van der Waals surface area contributed by atoms with Crippen LogP contribution in [-0.2, 0) is 11.3 Å². The van der Waals surface area contributed by atoms with Crippen molar-refractivity contribution in [2.75, 3.05) is 6.61 Å². The molecule has 3 nitrogen and oxygen atoms in total. The van der Waals surface area contributed by atoms with Crippen molar-refractivity contribution in [2.24, 2.45) is 0 Å². The third-order valence-electron chi connectivity index (χ3n) is 3.80. The molecule has 0 amide bonds. The maximum absolute atomic E-state index is 10.0. The Hall–Kier alpha value is -1.13. The van der Waals surface area contributed by atoms with Gasteiger partial charge in [0.1, 0.15) is 5.52 Å². The number of unbranched alkanes of at least 4 members (excludes halogenated alkanes) is 5. The summed E-state index contributed by atoms with van der Waals surface area (Å²) in [5.74, 6) is 0.190. The summed E-state index contributed by atoms with van der Waals surface area (Å²) in [6, 6.07) is 5.77. The first-order valence-electron chi connectivity index (χ1n) is 8.07. The van der Waals surface area contributed by atoms with Crippen LogP contribution in [0.5, 0.6) is 5.75 Å². The standard InChI is InChI=1S/C18H24BrNO2/c1-2-3-4-5-6-7-11-22-13-14-12-16(19)18(21)17-15(14)9-8-10-20-17/h8-10,12,21H,2-7,11,13H2,1H3. The molecule has 0 radical (unpaired) electrons. The summed E-state index contributed by atoms with van der Waals surface area (Å²) < 4.78 is 6.46. The molecular weight excluding hydrogens is 342 g/mol. The average Bonchev–Trinajstić information content (AvgIpc) is 2.54. The minimum absolute atomic E-state index is 0.190. The highest BCUT2D eigenvalue weighted by Crippen LogP contribution is 2.34. The summed E-state index contributed by atoms with van der Waals surface area (Å²) in [7, 11) is 0. The Kier molecular flexibility index (Phi) is 7.13. The zero-order valence-corrected chi connectivity index (χ0v) is 14.7. The molecule has 0 unspecified atom stereocenters. The number of ether oxygens (including phenoxy) is 1. The molecule has 1 heterocycles. The predicted molar refractivity (Wildman–Crippen MR) is 94.1 cm³/mol. The SMILES string of the molecule is CCCCCCCCOCc1cc(Br)c(O)c2ncccc12. The lowest BCUT2D eigenvalue weighted by atomic mass is 10.1. The molecule has 0 spiro atoms. The topological polar surface area (TPSA) is 42.4 Å². The van der Waals surface area contributed by atoms with E-state index >= 15 is 0 Å². The highest BCUT2D eigenvalue weighted by molar-refractivity contribution is 9.10. The largest absolute Gasteiger partial charge is 0.505 e. The molecule has 4 heteroatoms. The fourth-order valence-corrected chi connectivity index (χ4v) is 3.02. The second kappa shape index (κ2) is 9.11. The number of benzene rings is 1. The van der Waals surface area contributed by atoms with Crippen LogP contribution in [0.25, 0.3) is 10.9 Å². The van der Waals surface area contributed by atoms with E-state index in [4.69, 9.17) is 4.74 Å². The van der Waals surface area contributed by atoms with Crippen molar-refractivity contribution < 1.29 is 9.84 Å². The van der Waals surface area contributed by atoms with Crippen molar-refractivity contribution in [3.05, 3.63) is 34.4 Å². The molecule has 0 saturated heterocycles. The first kappa shape index (κ1) is 17.2. The van der Waals surface area contributed by atoms with E-state index in [1.54, 1.807) is 6.20 Å². The number of nitrogens with zero attached hydrogens (tertiary/aromatic N) is 1. The van der Waals surface area contributed by atoms with Crippen LogP contribution in [0.1, 0.15) is 51.0 Å². The average molecular weight is 366 g/mol. The van der Waals surface area contributed by atoms with Crippen molar-refractivity contribution >= 4 is 26.8 Å². The van der Waals surface area contributed by atoms with Crippen LogP contribution in [0.2, 0.25) is 0 Å². The van der Waals surface area contributed by atoms with Crippen LogP contribution in [-0.4, -0.2) is 16.7 Å². The van der Waals surface area contributed by atoms with E-state index < -0.39 is 0 Å². The lowest BCUT2D eigenvalue weighted by molar-refractivity contribution is 0.117. The van der Waals surface area contributed by atoms with Gasteiger partial charge in [-0.1, -0.05) is 45.1 Å². The molecule has 0 aliphatic heterocycles. The molecule has 2 aromatic rings. The lowest BCUT2D eigenvalue weighted by Gasteiger charge is -2.10. The Morgan fingerprint density at radius 1 is 1.18 bits per heavy atom. The Labute approximate surface area is 140 Å². The predicted octanol–water partition coefficient (Wildman–Crippen LogP) is 5.58. The molecule has 0 aliphatic carbocycles. The molecule has 1 aromatic carbocycles. The molecule has 0 atom stereocenters. The number of hydrogen-bond donors (Lipinski definition) is 1. The summed E-state index contributed by atoms with van der Waals surface area (Å²) in [5, 5.41) is 11.0. The normalized spacial score (nSPS) is 11.2. The third kappa shape index (κ3) is 4.68. The van der Waals surface area contributed by atoms with Crippen LogP contribution in [0.3, 0.4) is 0 Å². The second-order valence-corrected chi connectivity index (χ2v) is 6.44. The lowest BCUT2D eigenvalue weighted by Crippen LogP contribution is -1.97. The van der Waals surface area contributed by atoms with Gasteiger partial charge in [-0.3, -0.25) is 4.98 Å². The van der Waals surface area contributed by atoms with Gasteiger partial charge < -0.3 is 9.84 Å². The van der Waals surface area contributed by atoms with Gasteiger partial charge in [-0.25, -0.2) is 0 Å². The molecule has 0 bridgehead atoms. The first-order valence-corrected chi connectivity index (χ1v) is 8.86. The zero-order chi connectivity index (χ0) is 15.8. The van der Waals surface area contributed by atoms with Crippen LogP contribution in [0, 0.1) is 0 Å². The van der Waals surface area contributed by atoms with Crippen molar-refractivity contribution in [3.63, 3.8) is 0 Å². The summed E-state index contributed by atoms with van der Waals surface area (Å²) in [6.07, 6.45) is 9.29. The van der Waals surface area contributed by atoms with Gasteiger partial charge in [-0.15, -0.1) is 0 Å². The van der Waals surface area contributed by atoms with Crippen molar-refractivity contribution in [3.8, 4) is 5.75 Å². The van der Waals surface area contributed by atoms with Gasteiger partial charge in [0.05, 0.1) is 11.1 Å². The molecule has 2 rings (SSSR count). The number of fused-ring (bicyclic) bond motifs is 1. The van der Waals surface area contributed by atoms with Gasteiger partial charge in [-0.05, 0) is 40.0 Å². The Morgan fingerprint density at radius 2 is 1.95 bits per heavy atom. The molecule has 1 aromatic heterocycles. The minimum atomic E-state index is 0.190. The highest BCUT2D eigenvalue weighted by atomic mass is 79.9.